The highest BCUT2D eigenvalue weighted by Gasteiger charge is 2.21. The van der Waals surface area contributed by atoms with Crippen LogP contribution in [-0.2, 0) is 34.0 Å². The maximum absolute atomic E-state index is 12.2. The van der Waals surface area contributed by atoms with Crippen molar-refractivity contribution >= 4 is 53.7 Å². The van der Waals surface area contributed by atoms with Crippen LogP contribution < -0.4 is 47.3 Å². The Labute approximate surface area is 367 Å². The summed E-state index contributed by atoms with van der Waals surface area (Å²) in [7, 11) is 0. The van der Waals surface area contributed by atoms with Crippen LogP contribution in [-0.4, -0.2) is 71.2 Å². The summed E-state index contributed by atoms with van der Waals surface area (Å²) in [5, 5.41) is 11.0. The van der Waals surface area contributed by atoms with Crippen LogP contribution >= 0.6 is 0 Å². The van der Waals surface area contributed by atoms with Gasteiger partial charge in [-0.3, -0.25) is 30.7 Å². The van der Waals surface area contributed by atoms with Gasteiger partial charge in [0, 0.05) is 77.6 Å². The number of carbonyl (C=O) groups excluding carboxylic acids is 6. The first-order valence-electron chi connectivity index (χ1n) is 19.0. The third-order valence-electron chi connectivity index (χ3n) is 7.53. The van der Waals surface area contributed by atoms with Gasteiger partial charge in [-0.15, -0.1) is 0 Å². The number of amides is 9. The minimum absolute atomic E-state index is 0. The van der Waals surface area contributed by atoms with Gasteiger partial charge in [0.1, 0.15) is 0 Å². The number of rotatable bonds is 9. The topological polar surface area (TPSA) is 293 Å². The molecule has 0 aliphatic heterocycles. The zero-order valence-corrected chi connectivity index (χ0v) is 35.0. The Kier molecular flexibility index (Phi) is 20.9. The summed E-state index contributed by atoms with van der Waals surface area (Å²) in [4.78, 5) is 93.9. The number of anilines is 3. The van der Waals surface area contributed by atoms with E-state index in [9.17, 15) is 28.8 Å². The number of carbonyl (C=O) groups is 6. The van der Waals surface area contributed by atoms with E-state index >= 15 is 0 Å². The van der Waals surface area contributed by atoms with Crippen molar-refractivity contribution in [2.24, 2.45) is 0 Å². The van der Waals surface area contributed by atoms with Crippen LogP contribution in [0.25, 0.3) is 0 Å². The van der Waals surface area contributed by atoms with Gasteiger partial charge in [0.15, 0.2) is 0 Å². The Balaban J connectivity index is 0.000000253. The molecule has 9 amide bonds. The molecule has 6 rings (SSSR count). The Hall–Kier alpha value is -8.92. The summed E-state index contributed by atoms with van der Waals surface area (Å²) in [5.74, 6) is -0.887. The fourth-order valence-electron chi connectivity index (χ4n) is 4.82. The first-order valence-corrected chi connectivity index (χ1v) is 19.0. The number of nitrogens with one attached hydrogen (secondary N) is 6. The molecular weight excluding hydrogens is 827 g/mol. The molecule has 332 valence electrons. The quantitative estimate of drug-likeness (QED) is 0.114. The van der Waals surface area contributed by atoms with Crippen molar-refractivity contribution in [2.45, 2.75) is 40.4 Å². The Morgan fingerprint density at radius 2 is 0.594 bits per heavy atom. The molecule has 0 fully saturated rings. The minimum Gasteiger partial charge on any atom is -0.412 e. The second kappa shape index (κ2) is 27.0. The van der Waals surface area contributed by atoms with Crippen LogP contribution in [0.1, 0.15) is 37.5 Å². The molecule has 3 heterocycles. The first kappa shape index (κ1) is 49.4. The summed E-state index contributed by atoms with van der Waals surface area (Å²) in [6.07, 6.45) is 8.93. The lowest BCUT2D eigenvalue weighted by molar-refractivity contribution is -0.119. The Bertz CT molecular complexity index is 2080. The normalized spacial score (nSPS) is 9.61. The maximum atomic E-state index is 12.2. The molecule has 8 N–H and O–H groups in total. The van der Waals surface area contributed by atoms with Crippen molar-refractivity contribution in [3.8, 4) is 0 Å². The third kappa shape index (κ3) is 17.7. The number of urea groups is 3. The van der Waals surface area contributed by atoms with E-state index < -0.39 is 35.8 Å². The number of nitrogens with zero attached hydrogens (tertiary/aromatic N) is 9. The van der Waals surface area contributed by atoms with E-state index in [-0.39, 0.29) is 23.3 Å². The fourth-order valence-corrected chi connectivity index (χ4v) is 4.82. The van der Waals surface area contributed by atoms with Gasteiger partial charge >= 0.3 is 18.1 Å². The van der Waals surface area contributed by atoms with Crippen molar-refractivity contribution in [3.63, 3.8) is 0 Å². The lowest BCUT2D eigenvalue weighted by atomic mass is 10.2. The molecule has 0 saturated heterocycles. The minimum atomic E-state index is -0.514. The molecule has 0 aliphatic rings. The van der Waals surface area contributed by atoms with Gasteiger partial charge in [0.2, 0.25) is 17.7 Å². The number of hydrogen-bond acceptors (Lipinski definition) is 12. The van der Waals surface area contributed by atoms with Gasteiger partial charge < -0.3 is 21.4 Å². The van der Waals surface area contributed by atoms with Gasteiger partial charge in [-0.2, -0.15) is 15.0 Å². The number of hydrazine groups is 3. The first-order chi connectivity index (χ1) is 30.5. The SMILES string of the molecule is CC(=O)NN(C(=O)NCc1ccccc1)c1ncccn1.CC(=O)NN(C(=O)NCc1ccccc1)c1ncccn1.CC(=O)NN(C(=O)NCc1ccccc1)c1ncccn1.O. The summed E-state index contributed by atoms with van der Waals surface area (Å²) < 4.78 is 0. The molecule has 0 unspecified atom stereocenters. The van der Waals surface area contributed by atoms with E-state index in [1.165, 1.54) is 58.0 Å². The average molecular weight is 874 g/mol. The highest BCUT2D eigenvalue weighted by molar-refractivity contribution is 5.94. The van der Waals surface area contributed by atoms with Crippen LogP contribution in [0.3, 0.4) is 0 Å². The smallest absolute Gasteiger partial charge is 0.343 e. The van der Waals surface area contributed by atoms with Crippen molar-refractivity contribution in [3.05, 3.63) is 163 Å². The van der Waals surface area contributed by atoms with Crippen LogP contribution in [0.4, 0.5) is 32.2 Å². The largest absolute Gasteiger partial charge is 0.412 e. The van der Waals surface area contributed by atoms with E-state index in [4.69, 9.17) is 0 Å². The molecule has 6 aromatic rings. The monoisotopic (exact) mass is 873 g/mol. The molecule has 22 nitrogen and oxygen atoms in total. The van der Waals surface area contributed by atoms with Gasteiger partial charge in [-0.05, 0) is 34.9 Å². The highest BCUT2D eigenvalue weighted by atomic mass is 16.2. The number of benzene rings is 3. The summed E-state index contributed by atoms with van der Waals surface area (Å²) in [6.45, 7) is 4.93. The van der Waals surface area contributed by atoms with Gasteiger partial charge in [-0.25, -0.2) is 44.3 Å². The van der Waals surface area contributed by atoms with Crippen molar-refractivity contribution in [2.75, 3.05) is 15.0 Å². The van der Waals surface area contributed by atoms with Crippen LogP contribution in [0, 0.1) is 0 Å². The molecule has 64 heavy (non-hydrogen) atoms. The molecular formula is C42H47N15O7. The molecule has 0 radical (unpaired) electrons. The van der Waals surface area contributed by atoms with Crippen LogP contribution in [0.5, 0.6) is 0 Å². The van der Waals surface area contributed by atoms with E-state index in [2.05, 4.69) is 62.1 Å². The summed E-state index contributed by atoms with van der Waals surface area (Å²) in [6, 6.07) is 31.7. The molecule has 3 aromatic heterocycles. The fraction of sp³-hybridized carbons (Fsp3) is 0.143. The van der Waals surface area contributed by atoms with Crippen molar-refractivity contribution in [1.82, 2.24) is 62.1 Å². The number of hydrogen-bond donors (Lipinski definition) is 6. The van der Waals surface area contributed by atoms with E-state index in [1.54, 1.807) is 18.2 Å². The Morgan fingerprint density at radius 1 is 0.375 bits per heavy atom. The van der Waals surface area contributed by atoms with Crippen molar-refractivity contribution < 1.29 is 34.2 Å². The second-order valence-corrected chi connectivity index (χ2v) is 12.6. The van der Waals surface area contributed by atoms with Gasteiger partial charge in [-0.1, -0.05) is 91.0 Å². The zero-order valence-electron chi connectivity index (χ0n) is 35.0. The standard InChI is InChI=1S/3C14H15N5O2.H2O/c3*1-11(20)18-19(13-15-8-5-9-16-13)14(21)17-10-12-6-3-2-4-7-12;/h3*2-9H,10H2,1H3,(H,17,21)(H,18,20);1H2. The van der Waals surface area contributed by atoms with E-state index in [1.807, 2.05) is 91.0 Å². The predicted molar refractivity (Wildman–Crippen MR) is 235 cm³/mol. The molecule has 0 aliphatic carbocycles. The maximum Gasteiger partial charge on any atom is 0.343 e. The Morgan fingerprint density at radius 3 is 0.797 bits per heavy atom. The van der Waals surface area contributed by atoms with E-state index in [0.717, 1.165) is 31.7 Å². The van der Waals surface area contributed by atoms with Crippen LogP contribution in [0.15, 0.2) is 146 Å². The van der Waals surface area contributed by atoms with E-state index in [0.29, 0.717) is 19.6 Å². The molecule has 0 bridgehead atoms. The van der Waals surface area contributed by atoms with Crippen molar-refractivity contribution in [1.29, 1.82) is 0 Å². The second-order valence-electron chi connectivity index (χ2n) is 12.6. The predicted octanol–water partition coefficient (Wildman–Crippen LogP) is 2.91. The summed E-state index contributed by atoms with van der Waals surface area (Å²) >= 11 is 0. The third-order valence-corrected chi connectivity index (χ3v) is 7.53. The molecule has 0 spiro atoms. The molecule has 3 aromatic carbocycles. The van der Waals surface area contributed by atoms with Crippen LogP contribution in [0.2, 0.25) is 0 Å². The summed E-state index contributed by atoms with van der Waals surface area (Å²) in [5.41, 5.74) is 10.0. The molecule has 0 saturated carbocycles. The highest BCUT2D eigenvalue weighted by Crippen LogP contribution is 2.07. The van der Waals surface area contributed by atoms with Gasteiger partial charge in [0.25, 0.3) is 17.8 Å². The zero-order chi connectivity index (χ0) is 45.2. The lowest BCUT2D eigenvalue weighted by Gasteiger charge is -2.20. The average Bonchev–Trinajstić information content (AvgIpc) is 3.31. The van der Waals surface area contributed by atoms with Gasteiger partial charge in [0.05, 0.1) is 0 Å². The molecule has 0 atom stereocenters. The lowest BCUT2D eigenvalue weighted by Crippen LogP contribution is -2.51. The molecule has 22 heteroatoms. The number of aromatic nitrogens is 6.